The van der Waals surface area contributed by atoms with E-state index in [0.29, 0.717) is 23.5 Å². The molecule has 96 valence electrons. The molecule has 0 bridgehead atoms. The first-order valence-corrected chi connectivity index (χ1v) is 6.84. The van der Waals surface area contributed by atoms with Gasteiger partial charge in [-0.25, -0.2) is 13.1 Å². The minimum absolute atomic E-state index is 0.168. The summed E-state index contributed by atoms with van der Waals surface area (Å²) in [7, 11) is -1.98. The van der Waals surface area contributed by atoms with Gasteiger partial charge in [-0.2, -0.15) is 0 Å². The molecule has 5 nitrogen and oxygen atoms in total. The second kappa shape index (κ2) is 5.37. The lowest BCUT2D eigenvalue weighted by Gasteiger charge is -2.11. The van der Waals surface area contributed by atoms with Gasteiger partial charge in [-0.1, -0.05) is 6.92 Å². The number of methoxy groups -OCH3 is 1. The standard InChI is InChI=1S/C11H18N2O3S/c1-4-5-13-17(14,15)9-6-8(2)11(16-3)10(12)7-9/h6-7,13H,4-5,12H2,1-3H3. The number of nitrogens with two attached hydrogens (primary N) is 1. The van der Waals surface area contributed by atoms with E-state index in [1.807, 2.05) is 6.92 Å². The average molecular weight is 258 g/mol. The van der Waals surface area contributed by atoms with Gasteiger partial charge in [0.05, 0.1) is 17.7 Å². The van der Waals surface area contributed by atoms with Crippen LogP contribution in [0.1, 0.15) is 18.9 Å². The third-order valence-corrected chi connectivity index (χ3v) is 3.77. The minimum Gasteiger partial charge on any atom is -0.494 e. The SMILES string of the molecule is CCCNS(=O)(=O)c1cc(C)c(OC)c(N)c1. The van der Waals surface area contributed by atoms with Crippen LogP contribution in [0.25, 0.3) is 0 Å². The number of rotatable bonds is 5. The van der Waals surface area contributed by atoms with Crippen molar-refractivity contribution in [2.24, 2.45) is 0 Å². The van der Waals surface area contributed by atoms with Crippen LogP contribution in [0.3, 0.4) is 0 Å². The molecule has 1 rings (SSSR count). The number of nitrogens with one attached hydrogen (secondary N) is 1. The van der Waals surface area contributed by atoms with Gasteiger partial charge >= 0.3 is 0 Å². The van der Waals surface area contributed by atoms with Gasteiger partial charge in [0.2, 0.25) is 10.0 Å². The molecule has 0 atom stereocenters. The van der Waals surface area contributed by atoms with Crippen LogP contribution in [0.2, 0.25) is 0 Å². The molecule has 0 heterocycles. The molecule has 0 radical (unpaired) electrons. The highest BCUT2D eigenvalue weighted by Crippen LogP contribution is 2.28. The zero-order valence-corrected chi connectivity index (χ0v) is 11.1. The van der Waals surface area contributed by atoms with Crippen LogP contribution in [0.5, 0.6) is 5.75 Å². The molecule has 3 N–H and O–H groups in total. The lowest BCUT2D eigenvalue weighted by molar-refractivity contribution is 0.413. The van der Waals surface area contributed by atoms with E-state index in [2.05, 4.69) is 4.72 Å². The van der Waals surface area contributed by atoms with Crippen LogP contribution in [0.15, 0.2) is 17.0 Å². The molecule has 0 aliphatic heterocycles. The summed E-state index contributed by atoms with van der Waals surface area (Å²) in [6, 6.07) is 2.96. The summed E-state index contributed by atoms with van der Waals surface area (Å²) in [6.45, 7) is 4.07. The number of anilines is 1. The Hall–Kier alpha value is -1.27. The van der Waals surface area contributed by atoms with Gasteiger partial charge in [-0.3, -0.25) is 0 Å². The first-order valence-electron chi connectivity index (χ1n) is 5.36. The number of sulfonamides is 1. The molecular formula is C11H18N2O3S. The fraction of sp³-hybridized carbons (Fsp3) is 0.455. The van der Waals surface area contributed by atoms with Crippen molar-refractivity contribution >= 4 is 15.7 Å². The molecule has 17 heavy (non-hydrogen) atoms. The van der Waals surface area contributed by atoms with Gasteiger partial charge < -0.3 is 10.5 Å². The summed E-state index contributed by atoms with van der Waals surface area (Å²) in [5.41, 5.74) is 6.76. The quantitative estimate of drug-likeness (QED) is 0.779. The van der Waals surface area contributed by atoms with Crippen LogP contribution < -0.4 is 15.2 Å². The van der Waals surface area contributed by atoms with Crippen molar-refractivity contribution in [3.8, 4) is 5.75 Å². The molecule has 0 unspecified atom stereocenters. The van der Waals surface area contributed by atoms with Crippen LogP contribution in [0.4, 0.5) is 5.69 Å². The summed E-state index contributed by atoms with van der Waals surface area (Å²) in [6.07, 6.45) is 0.740. The van der Waals surface area contributed by atoms with Gasteiger partial charge in [0, 0.05) is 6.54 Å². The predicted octanol–water partition coefficient (Wildman–Crippen LogP) is 1.27. The lowest BCUT2D eigenvalue weighted by atomic mass is 10.2. The van der Waals surface area contributed by atoms with Gasteiger partial charge in [0.25, 0.3) is 0 Å². The second-order valence-corrected chi connectivity index (χ2v) is 5.53. The molecule has 0 fully saturated rings. The van der Waals surface area contributed by atoms with E-state index in [1.54, 1.807) is 13.0 Å². The van der Waals surface area contributed by atoms with Crippen molar-refractivity contribution < 1.29 is 13.2 Å². The molecule has 0 aromatic heterocycles. The Morgan fingerprint density at radius 1 is 1.41 bits per heavy atom. The van der Waals surface area contributed by atoms with Gasteiger partial charge in [0.1, 0.15) is 5.75 Å². The monoisotopic (exact) mass is 258 g/mol. The van der Waals surface area contributed by atoms with E-state index in [1.165, 1.54) is 13.2 Å². The molecule has 0 saturated heterocycles. The summed E-state index contributed by atoms with van der Waals surface area (Å²) in [5, 5.41) is 0. The van der Waals surface area contributed by atoms with Crippen molar-refractivity contribution in [2.75, 3.05) is 19.4 Å². The zero-order chi connectivity index (χ0) is 13.1. The van der Waals surface area contributed by atoms with E-state index in [4.69, 9.17) is 10.5 Å². The minimum atomic E-state index is -3.48. The van der Waals surface area contributed by atoms with Crippen LogP contribution in [-0.4, -0.2) is 22.1 Å². The Morgan fingerprint density at radius 3 is 2.53 bits per heavy atom. The number of ether oxygens (including phenoxy) is 1. The molecule has 0 saturated carbocycles. The molecule has 0 aliphatic rings. The summed E-state index contributed by atoms with van der Waals surface area (Å²) < 4.78 is 31.4. The Bertz CT molecular complexity index is 474. The maximum absolute atomic E-state index is 11.9. The summed E-state index contributed by atoms with van der Waals surface area (Å²) in [4.78, 5) is 0.168. The van der Waals surface area contributed by atoms with Crippen LogP contribution in [0, 0.1) is 6.92 Å². The first kappa shape index (κ1) is 13.8. The first-order chi connectivity index (χ1) is 7.92. The maximum atomic E-state index is 11.9. The fourth-order valence-corrected chi connectivity index (χ4v) is 2.77. The summed E-state index contributed by atoms with van der Waals surface area (Å²) in [5.74, 6) is 0.513. The highest BCUT2D eigenvalue weighted by Gasteiger charge is 2.16. The van der Waals surface area contributed by atoms with Gasteiger partial charge in [-0.05, 0) is 31.0 Å². The number of aryl methyl sites for hydroxylation is 1. The molecule has 6 heteroatoms. The van der Waals surface area contributed by atoms with Crippen molar-refractivity contribution in [3.63, 3.8) is 0 Å². The molecule has 0 spiro atoms. The zero-order valence-electron chi connectivity index (χ0n) is 10.3. The van der Waals surface area contributed by atoms with E-state index < -0.39 is 10.0 Å². The second-order valence-electron chi connectivity index (χ2n) is 3.76. The number of hydrogen-bond acceptors (Lipinski definition) is 4. The third-order valence-electron chi connectivity index (χ3n) is 2.33. The van der Waals surface area contributed by atoms with Crippen molar-refractivity contribution in [2.45, 2.75) is 25.2 Å². The normalized spacial score (nSPS) is 11.5. The molecule has 0 aliphatic carbocycles. The van der Waals surface area contributed by atoms with Gasteiger partial charge in [-0.15, -0.1) is 0 Å². The van der Waals surface area contributed by atoms with Crippen molar-refractivity contribution in [1.82, 2.24) is 4.72 Å². The third kappa shape index (κ3) is 3.10. The number of nitrogen functional groups attached to an aromatic ring is 1. The molecular weight excluding hydrogens is 240 g/mol. The van der Waals surface area contributed by atoms with E-state index in [-0.39, 0.29) is 4.90 Å². The number of hydrogen-bond donors (Lipinski definition) is 2. The maximum Gasteiger partial charge on any atom is 0.240 e. The van der Waals surface area contributed by atoms with E-state index in [0.717, 1.165) is 6.42 Å². The molecule has 1 aromatic rings. The molecule has 0 amide bonds. The predicted molar refractivity (Wildman–Crippen MR) is 67.6 cm³/mol. The van der Waals surface area contributed by atoms with E-state index >= 15 is 0 Å². The summed E-state index contributed by atoms with van der Waals surface area (Å²) >= 11 is 0. The van der Waals surface area contributed by atoms with Crippen molar-refractivity contribution in [3.05, 3.63) is 17.7 Å². The highest BCUT2D eigenvalue weighted by atomic mass is 32.2. The largest absolute Gasteiger partial charge is 0.494 e. The topological polar surface area (TPSA) is 81.4 Å². The Morgan fingerprint density at radius 2 is 2.06 bits per heavy atom. The van der Waals surface area contributed by atoms with Crippen LogP contribution in [-0.2, 0) is 10.0 Å². The van der Waals surface area contributed by atoms with Crippen molar-refractivity contribution in [1.29, 1.82) is 0 Å². The Labute approximate surface area is 102 Å². The van der Waals surface area contributed by atoms with Gasteiger partial charge in [0.15, 0.2) is 0 Å². The Balaban J connectivity index is 3.16. The number of benzene rings is 1. The fourth-order valence-electron chi connectivity index (χ4n) is 1.52. The smallest absolute Gasteiger partial charge is 0.240 e. The highest BCUT2D eigenvalue weighted by molar-refractivity contribution is 7.89. The Kier molecular flexibility index (Phi) is 4.36. The molecule has 1 aromatic carbocycles. The average Bonchev–Trinajstić information content (AvgIpc) is 2.26. The van der Waals surface area contributed by atoms with Crippen LogP contribution >= 0.6 is 0 Å². The lowest BCUT2D eigenvalue weighted by Crippen LogP contribution is -2.24. The van der Waals surface area contributed by atoms with E-state index in [9.17, 15) is 8.42 Å².